The summed E-state index contributed by atoms with van der Waals surface area (Å²) in [5.41, 5.74) is 11.2. The second-order valence-electron chi connectivity index (χ2n) is 8.38. The minimum absolute atomic E-state index is 0.0185. The quantitative estimate of drug-likeness (QED) is 0.128. The Labute approximate surface area is 202 Å². The van der Waals surface area contributed by atoms with Crippen LogP contribution in [0, 0.1) is 5.92 Å². The molecule has 10 N–H and O–H groups in total. The van der Waals surface area contributed by atoms with Crippen LogP contribution in [0.1, 0.15) is 45.7 Å². The number of carbonyl (C=O) groups excluding carboxylic acids is 4. The molecule has 0 saturated carbocycles. The van der Waals surface area contributed by atoms with E-state index in [-0.39, 0.29) is 19.3 Å². The van der Waals surface area contributed by atoms with E-state index >= 15 is 0 Å². The summed E-state index contributed by atoms with van der Waals surface area (Å²) < 4.78 is 0. The first-order valence-electron chi connectivity index (χ1n) is 11.2. The van der Waals surface area contributed by atoms with Gasteiger partial charge >= 0.3 is 5.97 Å². The van der Waals surface area contributed by atoms with E-state index in [1.165, 1.54) is 19.4 Å². The molecule has 6 unspecified atom stereocenters. The standard InChI is InChI=1S/C21H35N7O7/c1-4-10(2)17(20(33)26-13(21(34)35)5-6-15(22)30)28-18(31)14(7-12-8-24-9-25-12)27-19(32)16(23)11(3)29/h8-11,13-14,16-17,29H,4-7,23H2,1-3H3,(H2,22,30)(H,24,25)(H,26,33)(H,27,32)(H,28,31)(H,34,35). The molecule has 1 aromatic heterocycles. The maximum atomic E-state index is 13.1. The molecular weight excluding hydrogens is 462 g/mol. The first kappa shape index (κ1) is 29.5. The van der Waals surface area contributed by atoms with E-state index in [1.807, 2.05) is 0 Å². The first-order chi connectivity index (χ1) is 16.4. The molecule has 35 heavy (non-hydrogen) atoms. The molecule has 0 fully saturated rings. The summed E-state index contributed by atoms with van der Waals surface area (Å²) in [6, 6.07) is -5.00. The molecule has 6 atom stereocenters. The van der Waals surface area contributed by atoms with Gasteiger partial charge in [0, 0.05) is 24.7 Å². The van der Waals surface area contributed by atoms with Crippen LogP contribution >= 0.6 is 0 Å². The Morgan fingerprint density at radius 3 is 2.17 bits per heavy atom. The third-order valence-corrected chi connectivity index (χ3v) is 5.52. The number of nitrogens with zero attached hydrogens (tertiary/aromatic N) is 1. The van der Waals surface area contributed by atoms with Gasteiger partial charge in [-0.25, -0.2) is 9.78 Å². The van der Waals surface area contributed by atoms with Gasteiger partial charge in [0.1, 0.15) is 24.2 Å². The highest BCUT2D eigenvalue weighted by atomic mass is 16.4. The number of rotatable bonds is 15. The van der Waals surface area contributed by atoms with E-state index in [0.29, 0.717) is 12.1 Å². The van der Waals surface area contributed by atoms with Crippen LogP contribution in [-0.2, 0) is 30.4 Å². The van der Waals surface area contributed by atoms with Gasteiger partial charge in [-0.05, 0) is 19.3 Å². The molecule has 1 aromatic rings. The fourth-order valence-electron chi connectivity index (χ4n) is 3.07. The topological polar surface area (TPSA) is 243 Å². The SMILES string of the molecule is CCC(C)C(NC(=O)C(Cc1cnc[nH]1)NC(=O)C(N)C(C)O)C(=O)NC(CCC(N)=O)C(=O)O. The van der Waals surface area contributed by atoms with Crippen molar-refractivity contribution in [2.24, 2.45) is 17.4 Å². The molecule has 14 heteroatoms. The van der Waals surface area contributed by atoms with Crippen LogP contribution in [-0.4, -0.2) is 80.1 Å². The minimum Gasteiger partial charge on any atom is -0.480 e. The van der Waals surface area contributed by atoms with E-state index in [9.17, 15) is 34.2 Å². The normalized spacial score (nSPS) is 16.1. The van der Waals surface area contributed by atoms with E-state index < -0.39 is 65.8 Å². The molecule has 0 aliphatic heterocycles. The Bertz CT molecular complexity index is 875. The van der Waals surface area contributed by atoms with E-state index in [1.54, 1.807) is 13.8 Å². The molecule has 0 spiro atoms. The van der Waals surface area contributed by atoms with Gasteiger partial charge in [0.2, 0.25) is 23.6 Å². The van der Waals surface area contributed by atoms with Crippen molar-refractivity contribution in [3.63, 3.8) is 0 Å². The summed E-state index contributed by atoms with van der Waals surface area (Å²) in [6.45, 7) is 4.80. The lowest BCUT2D eigenvalue weighted by Crippen LogP contribution is -2.59. The van der Waals surface area contributed by atoms with Crippen molar-refractivity contribution in [3.05, 3.63) is 18.2 Å². The summed E-state index contributed by atoms with van der Waals surface area (Å²) in [4.78, 5) is 67.7. The zero-order valence-electron chi connectivity index (χ0n) is 20.0. The number of carboxylic acids is 1. The smallest absolute Gasteiger partial charge is 0.326 e. The zero-order chi connectivity index (χ0) is 26.7. The van der Waals surface area contributed by atoms with Crippen molar-refractivity contribution in [2.45, 2.75) is 76.7 Å². The van der Waals surface area contributed by atoms with Gasteiger partial charge in [0.25, 0.3) is 0 Å². The van der Waals surface area contributed by atoms with Crippen LogP contribution < -0.4 is 27.4 Å². The van der Waals surface area contributed by atoms with E-state index in [0.717, 1.165) is 0 Å². The molecule has 0 aliphatic carbocycles. The fraction of sp³-hybridized carbons (Fsp3) is 0.619. The molecule has 0 aliphatic rings. The molecule has 14 nitrogen and oxygen atoms in total. The average molecular weight is 498 g/mol. The lowest BCUT2D eigenvalue weighted by molar-refractivity contribution is -0.143. The largest absolute Gasteiger partial charge is 0.480 e. The number of aromatic amines is 1. The number of aromatic nitrogens is 2. The van der Waals surface area contributed by atoms with Gasteiger partial charge in [-0.3, -0.25) is 19.2 Å². The molecule has 0 aromatic carbocycles. The van der Waals surface area contributed by atoms with Crippen molar-refractivity contribution in [1.29, 1.82) is 0 Å². The van der Waals surface area contributed by atoms with E-state index in [2.05, 4.69) is 25.9 Å². The lowest BCUT2D eigenvalue weighted by atomic mass is 9.96. The van der Waals surface area contributed by atoms with Crippen LogP contribution in [0.25, 0.3) is 0 Å². The van der Waals surface area contributed by atoms with Crippen LogP contribution in [0.3, 0.4) is 0 Å². The van der Waals surface area contributed by atoms with Crippen molar-refractivity contribution < 1.29 is 34.2 Å². The van der Waals surface area contributed by atoms with Crippen molar-refractivity contribution in [3.8, 4) is 0 Å². The molecule has 196 valence electrons. The molecule has 0 bridgehead atoms. The van der Waals surface area contributed by atoms with Crippen molar-refractivity contribution >= 4 is 29.6 Å². The molecule has 0 saturated heterocycles. The Hall–Kier alpha value is -3.52. The number of hydrogen-bond donors (Lipinski definition) is 8. The van der Waals surface area contributed by atoms with Gasteiger partial charge in [-0.2, -0.15) is 0 Å². The second kappa shape index (κ2) is 14.0. The van der Waals surface area contributed by atoms with Crippen LogP contribution in [0.5, 0.6) is 0 Å². The number of aliphatic hydroxyl groups excluding tert-OH is 1. The molecular formula is C21H35N7O7. The average Bonchev–Trinajstić information content (AvgIpc) is 3.30. The molecule has 0 radical (unpaired) electrons. The monoisotopic (exact) mass is 497 g/mol. The predicted molar refractivity (Wildman–Crippen MR) is 123 cm³/mol. The minimum atomic E-state index is -1.39. The number of carbonyl (C=O) groups is 5. The number of carboxylic acid groups (broad SMARTS) is 1. The summed E-state index contributed by atoms with van der Waals surface area (Å²) in [5.74, 6) is -4.75. The maximum absolute atomic E-state index is 13.1. The third-order valence-electron chi connectivity index (χ3n) is 5.52. The number of aliphatic hydroxyl groups is 1. The first-order valence-corrected chi connectivity index (χ1v) is 11.2. The fourth-order valence-corrected chi connectivity index (χ4v) is 3.07. The summed E-state index contributed by atoms with van der Waals surface area (Å²) in [7, 11) is 0. The number of primary amides is 1. The zero-order valence-corrected chi connectivity index (χ0v) is 20.0. The third kappa shape index (κ3) is 9.70. The van der Waals surface area contributed by atoms with Crippen LogP contribution in [0.4, 0.5) is 0 Å². The van der Waals surface area contributed by atoms with Crippen molar-refractivity contribution in [2.75, 3.05) is 0 Å². The highest BCUT2D eigenvalue weighted by molar-refractivity contribution is 5.94. The van der Waals surface area contributed by atoms with Crippen molar-refractivity contribution in [1.82, 2.24) is 25.9 Å². The summed E-state index contributed by atoms with van der Waals surface area (Å²) >= 11 is 0. The number of amides is 4. The van der Waals surface area contributed by atoms with Gasteiger partial charge in [-0.15, -0.1) is 0 Å². The van der Waals surface area contributed by atoms with Crippen LogP contribution in [0.2, 0.25) is 0 Å². The summed E-state index contributed by atoms with van der Waals surface area (Å²) in [5, 5.41) is 26.4. The Morgan fingerprint density at radius 2 is 1.69 bits per heavy atom. The van der Waals surface area contributed by atoms with E-state index in [4.69, 9.17) is 11.5 Å². The Morgan fingerprint density at radius 1 is 1.06 bits per heavy atom. The lowest BCUT2D eigenvalue weighted by Gasteiger charge is -2.28. The number of aliphatic carboxylic acids is 1. The van der Waals surface area contributed by atoms with Gasteiger partial charge in [0.05, 0.1) is 12.4 Å². The molecule has 4 amide bonds. The molecule has 1 heterocycles. The Kier molecular flexibility index (Phi) is 11.8. The molecule has 1 rings (SSSR count). The summed E-state index contributed by atoms with van der Waals surface area (Å²) in [6.07, 6.45) is 1.65. The predicted octanol–water partition coefficient (Wildman–Crippen LogP) is -2.49. The maximum Gasteiger partial charge on any atom is 0.326 e. The van der Waals surface area contributed by atoms with Gasteiger partial charge < -0.3 is 42.6 Å². The number of imidazole rings is 1. The highest BCUT2D eigenvalue weighted by Gasteiger charge is 2.33. The van der Waals surface area contributed by atoms with Gasteiger partial charge in [-0.1, -0.05) is 20.3 Å². The highest BCUT2D eigenvalue weighted by Crippen LogP contribution is 2.11. The number of nitrogens with two attached hydrogens (primary N) is 2. The second-order valence-corrected chi connectivity index (χ2v) is 8.38. The number of hydrogen-bond acceptors (Lipinski definition) is 8. The Balaban J connectivity index is 3.07. The number of nitrogens with one attached hydrogen (secondary N) is 4. The van der Waals surface area contributed by atoms with Crippen LogP contribution in [0.15, 0.2) is 12.5 Å². The number of H-pyrrole nitrogens is 1. The van der Waals surface area contributed by atoms with Gasteiger partial charge in [0.15, 0.2) is 0 Å².